The molecule has 0 bridgehead atoms. The second-order valence-electron chi connectivity index (χ2n) is 4.55. The SMILES string of the molecule is FC1(C2CCCOC2)CCCNCC1. The van der Waals surface area contributed by atoms with Crippen LogP contribution in [0.1, 0.15) is 32.1 Å². The molecule has 2 nitrogen and oxygen atoms in total. The van der Waals surface area contributed by atoms with Crippen molar-refractivity contribution in [2.75, 3.05) is 26.3 Å². The van der Waals surface area contributed by atoms with Crippen molar-refractivity contribution in [3.05, 3.63) is 0 Å². The molecule has 3 heteroatoms. The Morgan fingerprint density at radius 2 is 2.14 bits per heavy atom. The summed E-state index contributed by atoms with van der Waals surface area (Å²) in [7, 11) is 0. The summed E-state index contributed by atoms with van der Waals surface area (Å²) in [5.41, 5.74) is -0.954. The fraction of sp³-hybridized carbons (Fsp3) is 1.00. The van der Waals surface area contributed by atoms with Gasteiger partial charge in [-0.3, -0.25) is 0 Å². The van der Waals surface area contributed by atoms with E-state index >= 15 is 0 Å². The molecule has 1 N–H and O–H groups in total. The molecule has 0 aliphatic carbocycles. The molecule has 14 heavy (non-hydrogen) atoms. The third-order valence-electron chi connectivity index (χ3n) is 3.56. The van der Waals surface area contributed by atoms with Crippen LogP contribution in [-0.2, 0) is 4.74 Å². The Morgan fingerprint density at radius 3 is 2.93 bits per heavy atom. The molecule has 0 amide bonds. The summed E-state index contributed by atoms with van der Waals surface area (Å²) in [5, 5.41) is 3.26. The van der Waals surface area contributed by atoms with Crippen LogP contribution < -0.4 is 5.32 Å². The van der Waals surface area contributed by atoms with Crippen LogP contribution in [0.4, 0.5) is 4.39 Å². The van der Waals surface area contributed by atoms with Gasteiger partial charge in [0, 0.05) is 12.5 Å². The molecule has 82 valence electrons. The molecular weight excluding hydrogens is 181 g/mol. The first-order chi connectivity index (χ1) is 6.81. The fourth-order valence-corrected chi connectivity index (χ4v) is 2.61. The maximum atomic E-state index is 14.6. The Hall–Kier alpha value is -0.150. The number of halogens is 1. The van der Waals surface area contributed by atoms with E-state index in [0.717, 1.165) is 39.0 Å². The Morgan fingerprint density at radius 1 is 1.21 bits per heavy atom. The average Bonchev–Trinajstić information content (AvgIpc) is 2.46. The van der Waals surface area contributed by atoms with Crippen molar-refractivity contribution in [2.45, 2.75) is 37.8 Å². The smallest absolute Gasteiger partial charge is 0.117 e. The van der Waals surface area contributed by atoms with E-state index in [4.69, 9.17) is 4.74 Å². The highest BCUT2D eigenvalue weighted by Gasteiger charge is 2.39. The maximum Gasteiger partial charge on any atom is 0.117 e. The lowest BCUT2D eigenvalue weighted by Crippen LogP contribution is -2.39. The zero-order valence-electron chi connectivity index (χ0n) is 8.73. The lowest BCUT2D eigenvalue weighted by atomic mass is 9.80. The second kappa shape index (κ2) is 4.58. The van der Waals surface area contributed by atoms with Crippen molar-refractivity contribution in [3.8, 4) is 0 Å². The summed E-state index contributed by atoms with van der Waals surface area (Å²) < 4.78 is 20.0. The molecule has 2 fully saturated rings. The summed E-state index contributed by atoms with van der Waals surface area (Å²) in [6.45, 7) is 3.26. The topological polar surface area (TPSA) is 21.3 Å². The van der Waals surface area contributed by atoms with Gasteiger partial charge in [-0.2, -0.15) is 0 Å². The molecule has 2 unspecified atom stereocenters. The minimum atomic E-state index is -0.954. The average molecular weight is 201 g/mol. The minimum absolute atomic E-state index is 0.149. The van der Waals surface area contributed by atoms with Gasteiger partial charge >= 0.3 is 0 Å². The van der Waals surface area contributed by atoms with Gasteiger partial charge in [-0.1, -0.05) is 0 Å². The summed E-state index contributed by atoms with van der Waals surface area (Å²) in [4.78, 5) is 0. The van der Waals surface area contributed by atoms with Crippen molar-refractivity contribution in [2.24, 2.45) is 5.92 Å². The molecule has 2 heterocycles. The van der Waals surface area contributed by atoms with Crippen molar-refractivity contribution in [1.82, 2.24) is 5.32 Å². The lowest BCUT2D eigenvalue weighted by Gasteiger charge is -2.35. The highest BCUT2D eigenvalue weighted by atomic mass is 19.1. The molecule has 2 aliphatic rings. The van der Waals surface area contributed by atoms with Crippen molar-refractivity contribution >= 4 is 0 Å². The minimum Gasteiger partial charge on any atom is -0.381 e. The van der Waals surface area contributed by atoms with Gasteiger partial charge in [-0.25, -0.2) is 4.39 Å². The normalized spacial score (nSPS) is 40.5. The van der Waals surface area contributed by atoms with E-state index < -0.39 is 5.67 Å². The third kappa shape index (κ3) is 2.26. The van der Waals surface area contributed by atoms with Crippen LogP contribution in [0.5, 0.6) is 0 Å². The van der Waals surface area contributed by atoms with Crippen molar-refractivity contribution in [1.29, 1.82) is 0 Å². The number of ether oxygens (including phenoxy) is 1. The molecule has 0 aromatic rings. The number of hydrogen-bond donors (Lipinski definition) is 1. The van der Waals surface area contributed by atoms with Gasteiger partial charge in [-0.15, -0.1) is 0 Å². The first kappa shape index (κ1) is 10.4. The van der Waals surface area contributed by atoms with E-state index in [1.165, 1.54) is 0 Å². The van der Waals surface area contributed by atoms with E-state index in [9.17, 15) is 4.39 Å². The van der Waals surface area contributed by atoms with Gasteiger partial charge in [0.2, 0.25) is 0 Å². The predicted molar refractivity (Wildman–Crippen MR) is 54.1 cm³/mol. The Balaban J connectivity index is 1.96. The quantitative estimate of drug-likeness (QED) is 0.699. The number of nitrogens with one attached hydrogen (secondary N) is 1. The van der Waals surface area contributed by atoms with Crippen LogP contribution in [0.15, 0.2) is 0 Å². The van der Waals surface area contributed by atoms with Crippen molar-refractivity contribution in [3.63, 3.8) is 0 Å². The van der Waals surface area contributed by atoms with Gasteiger partial charge in [-0.05, 0) is 45.2 Å². The van der Waals surface area contributed by atoms with Crippen LogP contribution in [0, 0.1) is 5.92 Å². The highest BCUT2D eigenvalue weighted by Crippen LogP contribution is 2.37. The Kier molecular flexibility index (Phi) is 3.39. The molecule has 0 radical (unpaired) electrons. The molecule has 2 rings (SSSR count). The number of alkyl halides is 1. The van der Waals surface area contributed by atoms with Gasteiger partial charge in [0.25, 0.3) is 0 Å². The molecule has 2 atom stereocenters. The van der Waals surface area contributed by atoms with E-state index in [0.29, 0.717) is 19.4 Å². The summed E-state index contributed by atoms with van der Waals surface area (Å²) >= 11 is 0. The molecule has 2 saturated heterocycles. The monoisotopic (exact) mass is 201 g/mol. The van der Waals surface area contributed by atoms with Crippen molar-refractivity contribution < 1.29 is 9.13 Å². The van der Waals surface area contributed by atoms with E-state index in [1.807, 2.05) is 0 Å². The van der Waals surface area contributed by atoms with E-state index in [1.54, 1.807) is 0 Å². The van der Waals surface area contributed by atoms with Gasteiger partial charge in [0.1, 0.15) is 5.67 Å². The second-order valence-corrected chi connectivity index (χ2v) is 4.55. The predicted octanol–water partition coefficient (Wildman–Crippen LogP) is 1.89. The molecule has 2 aliphatic heterocycles. The first-order valence-electron chi connectivity index (χ1n) is 5.79. The molecular formula is C11H20FNO. The van der Waals surface area contributed by atoms with E-state index in [2.05, 4.69) is 5.32 Å². The zero-order chi connectivity index (χ0) is 9.86. The highest BCUT2D eigenvalue weighted by molar-refractivity contribution is 4.90. The van der Waals surface area contributed by atoms with Crippen LogP contribution in [0.3, 0.4) is 0 Å². The fourth-order valence-electron chi connectivity index (χ4n) is 2.61. The van der Waals surface area contributed by atoms with Gasteiger partial charge in [0.15, 0.2) is 0 Å². The summed E-state index contributed by atoms with van der Waals surface area (Å²) in [6, 6.07) is 0. The number of hydrogen-bond acceptors (Lipinski definition) is 2. The standard InChI is InChI=1S/C11H20FNO/c12-11(4-2-6-13-7-5-11)10-3-1-8-14-9-10/h10,13H,1-9H2. The Labute approximate surface area is 85.2 Å². The van der Waals surface area contributed by atoms with Crippen LogP contribution in [-0.4, -0.2) is 32.0 Å². The molecule has 0 aromatic carbocycles. The summed E-state index contributed by atoms with van der Waals surface area (Å²) in [5.74, 6) is 0.149. The molecule has 0 aromatic heterocycles. The Bertz CT molecular complexity index is 172. The first-order valence-corrected chi connectivity index (χ1v) is 5.79. The van der Waals surface area contributed by atoms with Crippen LogP contribution >= 0.6 is 0 Å². The lowest BCUT2D eigenvalue weighted by molar-refractivity contribution is -0.0349. The summed E-state index contributed by atoms with van der Waals surface area (Å²) in [6.07, 6.45) is 4.39. The van der Waals surface area contributed by atoms with Crippen LogP contribution in [0.25, 0.3) is 0 Å². The largest absolute Gasteiger partial charge is 0.381 e. The number of rotatable bonds is 1. The van der Waals surface area contributed by atoms with Gasteiger partial charge < -0.3 is 10.1 Å². The maximum absolute atomic E-state index is 14.6. The molecule has 0 spiro atoms. The van der Waals surface area contributed by atoms with Crippen LogP contribution in [0.2, 0.25) is 0 Å². The van der Waals surface area contributed by atoms with E-state index in [-0.39, 0.29) is 5.92 Å². The zero-order valence-corrected chi connectivity index (χ0v) is 8.73. The molecule has 0 saturated carbocycles. The third-order valence-corrected chi connectivity index (χ3v) is 3.56. The van der Waals surface area contributed by atoms with Gasteiger partial charge in [0.05, 0.1) is 6.61 Å².